The fourth-order valence-corrected chi connectivity index (χ4v) is 3.29. The number of carbonyl (C=O) groups is 1. The van der Waals surface area contributed by atoms with Crippen LogP contribution in [0.5, 0.6) is 0 Å². The van der Waals surface area contributed by atoms with Crippen LogP contribution < -0.4 is 10.2 Å². The lowest BCUT2D eigenvalue weighted by Crippen LogP contribution is -2.55. The molecule has 30 heavy (non-hydrogen) atoms. The number of nitrogens with one attached hydrogen (secondary N) is 1. The summed E-state index contributed by atoms with van der Waals surface area (Å²) >= 11 is 0. The highest BCUT2D eigenvalue weighted by atomic mass is 127. The van der Waals surface area contributed by atoms with Crippen LogP contribution in [0.1, 0.15) is 5.56 Å². The molecule has 11 heteroatoms. The second kappa shape index (κ2) is 9.69. The van der Waals surface area contributed by atoms with E-state index in [4.69, 9.17) is 0 Å². The van der Waals surface area contributed by atoms with Gasteiger partial charge >= 0.3 is 0 Å². The van der Waals surface area contributed by atoms with E-state index >= 15 is 0 Å². The van der Waals surface area contributed by atoms with Crippen LogP contribution in [0.15, 0.2) is 54.2 Å². The van der Waals surface area contributed by atoms with Crippen molar-refractivity contribution in [1.82, 2.24) is 34.8 Å². The maximum Gasteiger partial charge on any atom is 0.246 e. The Labute approximate surface area is 191 Å². The van der Waals surface area contributed by atoms with Gasteiger partial charge in [-0.05, 0) is 23.8 Å². The Balaban J connectivity index is 0.00000256. The van der Waals surface area contributed by atoms with Crippen LogP contribution in [0.4, 0.5) is 5.69 Å². The smallest absolute Gasteiger partial charge is 0.246 e. The zero-order valence-electron chi connectivity index (χ0n) is 16.8. The van der Waals surface area contributed by atoms with Gasteiger partial charge in [0.25, 0.3) is 0 Å². The first-order valence-electron chi connectivity index (χ1n) is 9.33. The predicted octanol–water partition coefficient (Wildman–Crippen LogP) is 1.04. The molecule has 0 radical (unpaired) electrons. The molecule has 4 heterocycles. The van der Waals surface area contributed by atoms with Crippen molar-refractivity contribution in [3.63, 3.8) is 0 Å². The van der Waals surface area contributed by atoms with E-state index in [-0.39, 0.29) is 36.4 Å². The van der Waals surface area contributed by atoms with E-state index in [9.17, 15) is 4.79 Å². The maximum absolute atomic E-state index is 12.6. The van der Waals surface area contributed by atoms with Crippen molar-refractivity contribution in [1.29, 1.82) is 0 Å². The first kappa shape index (κ1) is 21.7. The van der Waals surface area contributed by atoms with E-state index in [1.54, 1.807) is 39.9 Å². The number of pyridine rings is 1. The van der Waals surface area contributed by atoms with Crippen LogP contribution in [0.2, 0.25) is 0 Å². The van der Waals surface area contributed by atoms with Gasteiger partial charge in [-0.15, -0.1) is 24.0 Å². The molecule has 1 aliphatic heterocycles. The molecule has 4 rings (SSSR count). The van der Waals surface area contributed by atoms with Crippen LogP contribution in [0, 0.1) is 0 Å². The van der Waals surface area contributed by atoms with E-state index in [0.29, 0.717) is 25.6 Å². The van der Waals surface area contributed by atoms with Gasteiger partial charge in [0.05, 0.1) is 11.9 Å². The molecule has 3 aromatic rings. The number of hydrogen-bond donors (Lipinski definition) is 1. The van der Waals surface area contributed by atoms with Crippen molar-refractivity contribution in [2.24, 2.45) is 12.0 Å². The average molecular weight is 521 g/mol. The van der Waals surface area contributed by atoms with Gasteiger partial charge in [-0.25, -0.2) is 9.67 Å². The maximum atomic E-state index is 12.6. The molecule has 0 aromatic carbocycles. The summed E-state index contributed by atoms with van der Waals surface area (Å²) in [6.45, 7) is 2.11. The number of aryl methyl sites for hydroxylation is 1. The molecule has 1 aliphatic rings. The Morgan fingerprint density at radius 1 is 1.27 bits per heavy atom. The van der Waals surface area contributed by atoms with Crippen LogP contribution in [0.3, 0.4) is 0 Å². The first-order valence-corrected chi connectivity index (χ1v) is 9.33. The summed E-state index contributed by atoms with van der Waals surface area (Å²) in [5, 5.41) is 11.7. The van der Waals surface area contributed by atoms with Crippen molar-refractivity contribution in [3.8, 4) is 5.82 Å². The second-order valence-electron chi connectivity index (χ2n) is 6.71. The van der Waals surface area contributed by atoms with Gasteiger partial charge < -0.3 is 15.1 Å². The lowest BCUT2D eigenvalue weighted by atomic mass is 10.2. The molecule has 158 valence electrons. The van der Waals surface area contributed by atoms with Crippen LogP contribution in [-0.2, 0) is 18.4 Å². The van der Waals surface area contributed by atoms with Crippen LogP contribution in [0.25, 0.3) is 5.82 Å². The number of hydrogen-bond acceptors (Lipinski definition) is 5. The molecule has 0 unspecified atom stereocenters. The quantitative estimate of drug-likeness (QED) is 0.313. The molecule has 0 atom stereocenters. The Bertz CT molecular complexity index is 1010. The lowest BCUT2D eigenvalue weighted by Gasteiger charge is -2.35. The molecule has 0 bridgehead atoms. The van der Waals surface area contributed by atoms with Gasteiger partial charge in [0.2, 0.25) is 5.91 Å². The summed E-state index contributed by atoms with van der Waals surface area (Å²) in [5.41, 5.74) is 1.87. The van der Waals surface area contributed by atoms with Gasteiger partial charge in [0.1, 0.15) is 6.54 Å². The highest BCUT2D eigenvalue weighted by Crippen LogP contribution is 2.16. The zero-order chi connectivity index (χ0) is 20.2. The first-order chi connectivity index (χ1) is 14.1. The number of halogens is 1. The van der Waals surface area contributed by atoms with E-state index in [1.807, 2.05) is 42.5 Å². The number of piperazine rings is 1. The molecule has 1 amide bonds. The van der Waals surface area contributed by atoms with Crippen molar-refractivity contribution in [2.45, 2.75) is 6.54 Å². The minimum absolute atomic E-state index is 0. The molecule has 0 aliphatic carbocycles. The molecule has 0 spiro atoms. The zero-order valence-corrected chi connectivity index (χ0v) is 19.2. The van der Waals surface area contributed by atoms with Gasteiger partial charge in [-0.1, -0.05) is 0 Å². The number of anilines is 1. The fraction of sp³-hybridized carbons (Fsp3) is 0.316. The predicted molar refractivity (Wildman–Crippen MR) is 124 cm³/mol. The Morgan fingerprint density at radius 2 is 2.13 bits per heavy atom. The number of guanidine groups is 1. The standard InChI is InChI=1S/C19H23N9O.HI/c1-20-19(22-11-15-4-6-21-17(10-15)28-7-3-5-23-28)26-8-9-27(18(29)14-26)16-12-24-25(2)13-16;/h3-7,10,12-13H,8-9,11,14H2,1-2H3,(H,20,22);1H. The van der Waals surface area contributed by atoms with Gasteiger partial charge in [-0.3, -0.25) is 14.5 Å². The molecule has 10 nitrogen and oxygen atoms in total. The minimum Gasteiger partial charge on any atom is -0.352 e. The van der Waals surface area contributed by atoms with E-state index < -0.39 is 0 Å². The van der Waals surface area contributed by atoms with Crippen LogP contribution >= 0.6 is 24.0 Å². The summed E-state index contributed by atoms with van der Waals surface area (Å²) in [6.07, 6.45) is 8.89. The summed E-state index contributed by atoms with van der Waals surface area (Å²) < 4.78 is 3.41. The third-order valence-corrected chi connectivity index (χ3v) is 4.73. The fourth-order valence-electron chi connectivity index (χ4n) is 3.29. The van der Waals surface area contributed by atoms with Crippen molar-refractivity contribution < 1.29 is 4.79 Å². The topological polar surface area (TPSA) is 96.5 Å². The second-order valence-corrected chi connectivity index (χ2v) is 6.71. The molecular weight excluding hydrogens is 497 g/mol. The third kappa shape index (κ3) is 4.78. The normalized spacial score (nSPS) is 14.6. The number of aliphatic imine (C=N–C) groups is 1. The molecule has 3 aromatic heterocycles. The molecule has 0 saturated carbocycles. The van der Waals surface area contributed by atoms with Crippen LogP contribution in [-0.4, -0.2) is 68.0 Å². The van der Waals surface area contributed by atoms with Crippen molar-refractivity contribution in [3.05, 3.63) is 54.7 Å². The van der Waals surface area contributed by atoms with Gasteiger partial charge in [-0.2, -0.15) is 10.2 Å². The summed E-state index contributed by atoms with van der Waals surface area (Å²) in [5.74, 6) is 1.48. The Hall–Kier alpha value is -2.96. The number of rotatable bonds is 4. The summed E-state index contributed by atoms with van der Waals surface area (Å²) in [4.78, 5) is 25.0. The summed E-state index contributed by atoms with van der Waals surface area (Å²) in [6, 6.07) is 5.77. The number of aromatic nitrogens is 5. The number of carbonyl (C=O) groups excluding carboxylic acids is 1. The van der Waals surface area contributed by atoms with E-state index in [2.05, 4.69) is 25.5 Å². The highest BCUT2D eigenvalue weighted by Gasteiger charge is 2.27. The number of amides is 1. The highest BCUT2D eigenvalue weighted by molar-refractivity contribution is 14.0. The lowest BCUT2D eigenvalue weighted by molar-refractivity contribution is -0.120. The van der Waals surface area contributed by atoms with E-state index in [0.717, 1.165) is 17.1 Å². The Morgan fingerprint density at radius 3 is 2.80 bits per heavy atom. The Kier molecular flexibility index (Phi) is 7.03. The largest absolute Gasteiger partial charge is 0.352 e. The summed E-state index contributed by atoms with van der Waals surface area (Å²) in [7, 11) is 3.56. The van der Waals surface area contributed by atoms with Gasteiger partial charge in [0, 0.05) is 58.5 Å². The SMILES string of the molecule is CN=C(NCc1ccnc(-n2cccn2)c1)N1CCN(c2cnn(C)c2)C(=O)C1.I. The molecular formula is C19H24IN9O. The molecule has 1 N–H and O–H groups in total. The van der Waals surface area contributed by atoms with Crippen molar-refractivity contribution >= 4 is 41.5 Å². The third-order valence-electron chi connectivity index (χ3n) is 4.73. The monoisotopic (exact) mass is 521 g/mol. The van der Waals surface area contributed by atoms with Gasteiger partial charge in [0.15, 0.2) is 11.8 Å². The van der Waals surface area contributed by atoms with E-state index in [1.165, 1.54) is 0 Å². The minimum atomic E-state index is 0. The average Bonchev–Trinajstić information content (AvgIpc) is 3.41. The van der Waals surface area contributed by atoms with Crippen molar-refractivity contribution in [2.75, 3.05) is 31.6 Å². The molecule has 1 saturated heterocycles. The number of nitrogens with zero attached hydrogens (tertiary/aromatic N) is 8. The molecule has 1 fully saturated rings.